The molecule has 0 spiro atoms. The fraction of sp³-hybridized carbons (Fsp3) is 0.182. The number of carbonyl (C=O) groups excluding carboxylic acids is 1. The molecule has 8 nitrogen and oxygen atoms in total. The van der Waals surface area contributed by atoms with E-state index in [1.165, 1.54) is 41.9 Å². The average molecular weight is 504 g/mol. The lowest BCUT2D eigenvalue weighted by Crippen LogP contribution is -2.48. The Morgan fingerprint density at radius 3 is 2.42 bits per heavy atom. The molecule has 1 amide bonds. The van der Waals surface area contributed by atoms with Crippen LogP contribution in [0.5, 0.6) is 0 Å². The number of anilines is 1. The monoisotopic (exact) mass is 503 g/mol. The van der Waals surface area contributed by atoms with Crippen molar-refractivity contribution < 1.29 is 22.0 Å². The number of benzene rings is 1. The van der Waals surface area contributed by atoms with Gasteiger partial charge in [0.1, 0.15) is 0 Å². The zero-order valence-corrected chi connectivity index (χ0v) is 19.6. The van der Waals surface area contributed by atoms with Gasteiger partial charge in [-0.2, -0.15) is 4.98 Å². The number of sulfone groups is 1. The molecule has 0 N–H and O–H groups in total. The highest BCUT2D eigenvalue weighted by Gasteiger charge is 2.34. The third kappa shape index (κ3) is 4.17. The van der Waals surface area contributed by atoms with Crippen LogP contribution in [0.25, 0.3) is 11.7 Å². The average Bonchev–Trinajstić information content (AvgIpc) is 3.60. The maximum atomic E-state index is 13.4. The molecule has 0 bridgehead atoms. The molecule has 0 unspecified atom stereocenters. The molecule has 1 saturated heterocycles. The Kier molecular flexibility index (Phi) is 5.73. The minimum atomic E-state index is -4.00. The van der Waals surface area contributed by atoms with Gasteiger partial charge in [-0.25, -0.2) is 8.42 Å². The molecule has 0 saturated carbocycles. The number of rotatable bonds is 5. The van der Waals surface area contributed by atoms with Crippen molar-refractivity contribution in [2.45, 2.75) is 9.92 Å². The Morgan fingerprint density at radius 2 is 1.79 bits per heavy atom. The van der Waals surface area contributed by atoms with E-state index >= 15 is 0 Å². The van der Waals surface area contributed by atoms with Crippen LogP contribution in [0.2, 0.25) is 5.02 Å². The fourth-order valence-corrected chi connectivity index (χ4v) is 5.71. The second kappa shape index (κ2) is 8.69. The number of oxazole rings is 1. The van der Waals surface area contributed by atoms with Gasteiger partial charge < -0.3 is 18.6 Å². The van der Waals surface area contributed by atoms with Gasteiger partial charge >= 0.3 is 0 Å². The number of thiophene rings is 1. The highest BCUT2D eigenvalue weighted by molar-refractivity contribution is 7.91. The zero-order chi connectivity index (χ0) is 23.0. The maximum Gasteiger partial charge on any atom is 0.266 e. The number of carbonyl (C=O) groups is 1. The lowest BCUT2D eigenvalue weighted by atomic mass is 10.3. The van der Waals surface area contributed by atoms with Gasteiger partial charge in [0.2, 0.25) is 20.7 Å². The molecule has 1 aliphatic heterocycles. The van der Waals surface area contributed by atoms with Crippen LogP contribution in [0.4, 0.5) is 5.88 Å². The van der Waals surface area contributed by atoms with Crippen LogP contribution >= 0.6 is 22.9 Å². The lowest BCUT2D eigenvalue weighted by molar-refractivity contribution is 0.0750. The first kappa shape index (κ1) is 21.7. The molecule has 3 aromatic heterocycles. The Morgan fingerprint density at radius 1 is 1.03 bits per heavy atom. The molecule has 0 atom stereocenters. The predicted octanol–water partition coefficient (Wildman–Crippen LogP) is 4.44. The van der Waals surface area contributed by atoms with E-state index in [4.69, 9.17) is 20.4 Å². The smallest absolute Gasteiger partial charge is 0.266 e. The molecule has 0 aliphatic carbocycles. The first-order chi connectivity index (χ1) is 15.9. The minimum absolute atomic E-state index is 0.0347. The van der Waals surface area contributed by atoms with Crippen LogP contribution in [0.15, 0.2) is 78.9 Å². The Labute approximate surface area is 198 Å². The van der Waals surface area contributed by atoms with Crippen molar-refractivity contribution in [3.63, 3.8) is 0 Å². The van der Waals surface area contributed by atoms with Gasteiger partial charge in [-0.1, -0.05) is 17.7 Å². The number of aromatic nitrogens is 1. The first-order valence-corrected chi connectivity index (χ1v) is 12.8. The van der Waals surface area contributed by atoms with Gasteiger partial charge in [0.25, 0.3) is 11.8 Å². The largest absolute Gasteiger partial charge is 0.459 e. The highest BCUT2D eigenvalue weighted by atomic mass is 35.5. The number of nitrogens with zero attached hydrogens (tertiary/aromatic N) is 3. The summed E-state index contributed by atoms with van der Waals surface area (Å²) in [6, 6.07) is 12.8. The number of piperazine rings is 1. The molecular weight excluding hydrogens is 486 g/mol. The molecule has 33 heavy (non-hydrogen) atoms. The molecule has 1 aromatic carbocycles. The summed E-state index contributed by atoms with van der Waals surface area (Å²) < 4.78 is 38.1. The number of hydrogen-bond acceptors (Lipinski definition) is 8. The van der Waals surface area contributed by atoms with Gasteiger partial charge in [0.15, 0.2) is 5.76 Å². The second-order valence-corrected chi connectivity index (χ2v) is 10.6. The predicted molar refractivity (Wildman–Crippen MR) is 124 cm³/mol. The first-order valence-electron chi connectivity index (χ1n) is 10.1. The lowest BCUT2D eigenvalue weighted by Gasteiger charge is -2.34. The summed E-state index contributed by atoms with van der Waals surface area (Å²) in [5.41, 5.74) is 0. The van der Waals surface area contributed by atoms with Crippen molar-refractivity contribution in [3.05, 3.63) is 70.1 Å². The van der Waals surface area contributed by atoms with Crippen LogP contribution in [0.3, 0.4) is 0 Å². The molecule has 5 rings (SSSR count). The summed E-state index contributed by atoms with van der Waals surface area (Å²) in [5, 5.41) is 2.09. The van der Waals surface area contributed by atoms with E-state index in [0.29, 0.717) is 41.8 Å². The molecule has 11 heteroatoms. The van der Waals surface area contributed by atoms with Crippen molar-refractivity contribution in [3.8, 4) is 11.7 Å². The standard InChI is InChI=1S/C22H18ClN3O5S2/c23-15-5-7-16(8-6-15)33(28,29)20-22(31-19(24-20)17-3-1-13-30-17)26-11-9-25(10-12-26)21(27)18-4-2-14-32-18/h1-8,13-14H,9-12H2. The zero-order valence-electron chi connectivity index (χ0n) is 17.2. The highest BCUT2D eigenvalue weighted by Crippen LogP contribution is 2.35. The second-order valence-electron chi connectivity index (χ2n) is 7.32. The van der Waals surface area contributed by atoms with Crippen LogP contribution in [-0.2, 0) is 9.84 Å². The Balaban J connectivity index is 1.47. The summed E-state index contributed by atoms with van der Waals surface area (Å²) in [6.45, 7) is 1.64. The van der Waals surface area contributed by atoms with E-state index in [9.17, 15) is 13.2 Å². The van der Waals surface area contributed by atoms with E-state index in [-0.39, 0.29) is 27.6 Å². The molecule has 1 fully saturated rings. The molecule has 0 radical (unpaired) electrons. The van der Waals surface area contributed by atoms with Gasteiger partial charge in [-0.15, -0.1) is 11.3 Å². The third-order valence-electron chi connectivity index (χ3n) is 5.28. The van der Waals surface area contributed by atoms with Crippen molar-refractivity contribution in [2.75, 3.05) is 31.1 Å². The maximum absolute atomic E-state index is 13.4. The number of halogens is 1. The van der Waals surface area contributed by atoms with Crippen LogP contribution in [-0.4, -0.2) is 50.4 Å². The summed E-state index contributed by atoms with van der Waals surface area (Å²) in [6.07, 6.45) is 1.46. The van der Waals surface area contributed by atoms with Crippen molar-refractivity contribution in [2.24, 2.45) is 0 Å². The van der Waals surface area contributed by atoms with Gasteiger partial charge in [0.05, 0.1) is 16.0 Å². The van der Waals surface area contributed by atoms with Crippen LogP contribution in [0, 0.1) is 0 Å². The minimum Gasteiger partial charge on any atom is -0.459 e. The van der Waals surface area contributed by atoms with Crippen molar-refractivity contribution >= 4 is 44.6 Å². The molecule has 4 heterocycles. The van der Waals surface area contributed by atoms with E-state index in [1.54, 1.807) is 28.0 Å². The number of amides is 1. The summed E-state index contributed by atoms with van der Waals surface area (Å²) in [5.74, 6) is 0.479. The van der Waals surface area contributed by atoms with Crippen LogP contribution in [0.1, 0.15) is 9.67 Å². The van der Waals surface area contributed by atoms with E-state index in [1.807, 2.05) is 11.4 Å². The van der Waals surface area contributed by atoms with E-state index in [0.717, 1.165) is 0 Å². The van der Waals surface area contributed by atoms with E-state index in [2.05, 4.69) is 4.98 Å². The van der Waals surface area contributed by atoms with Crippen molar-refractivity contribution in [1.82, 2.24) is 9.88 Å². The molecule has 4 aromatic rings. The molecular formula is C22H18ClN3O5S2. The quantitative estimate of drug-likeness (QED) is 0.397. The van der Waals surface area contributed by atoms with E-state index < -0.39 is 9.84 Å². The van der Waals surface area contributed by atoms with Gasteiger partial charge in [0, 0.05) is 31.2 Å². The number of furan rings is 1. The summed E-state index contributed by atoms with van der Waals surface area (Å²) >= 11 is 7.32. The Hall–Kier alpha value is -3.08. The third-order valence-corrected chi connectivity index (χ3v) is 8.05. The summed E-state index contributed by atoms with van der Waals surface area (Å²) in [7, 11) is -4.00. The summed E-state index contributed by atoms with van der Waals surface area (Å²) in [4.78, 5) is 21.2. The molecule has 170 valence electrons. The Bertz CT molecular complexity index is 1360. The number of hydrogen-bond donors (Lipinski definition) is 0. The van der Waals surface area contributed by atoms with Gasteiger partial charge in [-0.05, 0) is 47.8 Å². The molecule has 1 aliphatic rings. The fourth-order valence-electron chi connectivity index (χ4n) is 3.57. The van der Waals surface area contributed by atoms with Crippen molar-refractivity contribution in [1.29, 1.82) is 0 Å². The van der Waals surface area contributed by atoms with Gasteiger partial charge in [-0.3, -0.25) is 4.79 Å². The topological polar surface area (TPSA) is 96.9 Å². The SMILES string of the molecule is O=C(c1cccs1)N1CCN(c2oc(-c3ccco3)nc2S(=O)(=O)c2ccc(Cl)cc2)CC1. The normalized spacial score (nSPS) is 14.6. The van der Waals surface area contributed by atoms with Crippen LogP contribution < -0.4 is 4.90 Å².